The summed E-state index contributed by atoms with van der Waals surface area (Å²) in [7, 11) is 3.87. The Bertz CT molecular complexity index is 479. The number of nitrogens with zero attached hydrogens (tertiary/aromatic N) is 3. The van der Waals surface area contributed by atoms with Crippen LogP contribution >= 0.6 is 11.6 Å². The van der Waals surface area contributed by atoms with Gasteiger partial charge >= 0.3 is 0 Å². The molecule has 5 nitrogen and oxygen atoms in total. The van der Waals surface area contributed by atoms with Gasteiger partial charge in [-0.1, -0.05) is 11.6 Å². The van der Waals surface area contributed by atoms with E-state index in [9.17, 15) is 5.11 Å². The Morgan fingerprint density at radius 2 is 2.10 bits per heavy atom. The maximum Gasteiger partial charge on any atom is 0.100 e. The number of piperidine rings is 1. The molecule has 0 radical (unpaired) electrons. The third-order valence-corrected chi connectivity index (χ3v) is 5.49. The zero-order chi connectivity index (χ0) is 15.0. The summed E-state index contributed by atoms with van der Waals surface area (Å²) in [4.78, 5) is 2.48. The van der Waals surface area contributed by atoms with Gasteiger partial charge in [-0.25, -0.2) is 0 Å². The number of hydrogen-bond acceptors (Lipinski definition) is 4. The Kier molecular flexibility index (Phi) is 4.54. The summed E-state index contributed by atoms with van der Waals surface area (Å²) in [6.07, 6.45) is 5.68. The topological polar surface area (TPSA) is 50.5 Å². The number of aromatic nitrogens is 2. The Balaban J connectivity index is 1.76. The van der Waals surface area contributed by atoms with Crippen molar-refractivity contribution in [2.75, 3.05) is 20.8 Å². The smallest absolute Gasteiger partial charge is 0.100 e. The monoisotopic (exact) mass is 313 g/mol. The van der Waals surface area contributed by atoms with Crippen LogP contribution in [0.5, 0.6) is 0 Å². The number of rotatable bonds is 5. The first-order chi connectivity index (χ1) is 10.1. The van der Waals surface area contributed by atoms with Crippen LogP contribution in [-0.4, -0.2) is 52.6 Å². The molecule has 2 aliphatic heterocycles. The van der Waals surface area contributed by atoms with Gasteiger partial charge in [0.1, 0.15) is 6.10 Å². The zero-order valence-corrected chi connectivity index (χ0v) is 13.5. The fraction of sp³-hybridized carbons (Fsp3) is 0.800. The minimum absolute atomic E-state index is 0.272. The molecular weight excluding hydrogens is 290 g/mol. The van der Waals surface area contributed by atoms with Gasteiger partial charge in [0.15, 0.2) is 0 Å². The first-order valence-corrected chi connectivity index (χ1v) is 8.09. The third-order valence-electron chi connectivity index (χ3n) is 5.20. The molecule has 21 heavy (non-hydrogen) atoms. The fourth-order valence-corrected chi connectivity index (χ4v) is 4.21. The molecule has 1 N–H and O–H groups in total. The minimum atomic E-state index is -0.534. The third kappa shape index (κ3) is 2.84. The summed E-state index contributed by atoms with van der Waals surface area (Å²) >= 11 is 6.26. The number of aliphatic hydroxyl groups excluding tert-OH is 1. The highest BCUT2D eigenvalue weighted by Crippen LogP contribution is 2.43. The van der Waals surface area contributed by atoms with Crippen LogP contribution in [0.2, 0.25) is 5.02 Å². The van der Waals surface area contributed by atoms with E-state index in [1.807, 2.05) is 0 Å². The van der Waals surface area contributed by atoms with E-state index in [4.69, 9.17) is 16.3 Å². The molecule has 0 spiro atoms. The SMILES string of the molecule is COCCn1ncc(Cl)c1C(O)C1CC2CCC(C1)N2C. The summed E-state index contributed by atoms with van der Waals surface area (Å²) < 4.78 is 6.89. The maximum absolute atomic E-state index is 10.8. The second-order valence-corrected chi connectivity index (χ2v) is 6.73. The molecule has 1 aromatic rings. The van der Waals surface area contributed by atoms with Crippen molar-refractivity contribution in [1.82, 2.24) is 14.7 Å². The van der Waals surface area contributed by atoms with E-state index >= 15 is 0 Å². The van der Waals surface area contributed by atoms with Gasteiger partial charge < -0.3 is 14.7 Å². The lowest BCUT2D eigenvalue weighted by Crippen LogP contribution is -2.41. The quantitative estimate of drug-likeness (QED) is 0.904. The van der Waals surface area contributed by atoms with Crippen LogP contribution in [0.4, 0.5) is 0 Å². The largest absolute Gasteiger partial charge is 0.386 e. The van der Waals surface area contributed by atoms with Crippen LogP contribution in [-0.2, 0) is 11.3 Å². The van der Waals surface area contributed by atoms with Crippen molar-refractivity contribution in [3.05, 3.63) is 16.9 Å². The standard InChI is InChI=1S/C15H24ClN3O2/c1-18-11-3-4-12(18)8-10(7-11)15(20)14-13(16)9-17-19(14)5-6-21-2/h9-12,15,20H,3-8H2,1-2H3. The van der Waals surface area contributed by atoms with E-state index in [1.165, 1.54) is 12.8 Å². The lowest BCUT2D eigenvalue weighted by molar-refractivity contribution is 0.0299. The van der Waals surface area contributed by atoms with Crippen LogP contribution in [0, 0.1) is 5.92 Å². The normalized spacial score (nSPS) is 30.8. The van der Waals surface area contributed by atoms with Crippen LogP contribution in [0.1, 0.15) is 37.5 Å². The summed E-state index contributed by atoms with van der Waals surface area (Å²) in [6, 6.07) is 1.22. The molecule has 2 bridgehead atoms. The lowest BCUT2D eigenvalue weighted by atomic mass is 9.85. The molecule has 3 heterocycles. The molecule has 1 aromatic heterocycles. The fourth-order valence-electron chi connectivity index (χ4n) is 3.96. The van der Waals surface area contributed by atoms with Crippen molar-refractivity contribution in [2.24, 2.45) is 5.92 Å². The number of methoxy groups -OCH3 is 1. The van der Waals surface area contributed by atoms with E-state index < -0.39 is 6.10 Å². The van der Waals surface area contributed by atoms with Crippen molar-refractivity contribution < 1.29 is 9.84 Å². The number of fused-ring (bicyclic) bond motifs is 2. The van der Waals surface area contributed by atoms with Crippen LogP contribution < -0.4 is 0 Å². The number of ether oxygens (including phenoxy) is 1. The van der Waals surface area contributed by atoms with E-state index in [0.717, 1.165) is 18.5 Å². The van der Waals surface area contributed by atoms with Crippen molar-refractivity contribution in [2.45, 2.75) is 50.4 Å². The molecule has 6 heteroatoms. The van der Waals surface area contributed by atoms with Gasteiger partial charge in [0.05, 0.1) is 30.1 Å². The number of halogens is 1. The average molecular weight is 314 g/mol. The highest BCUT2D eigenvalue weighted by atomic mass is 35.5. The Labute approximate surface area is 130 Å². The summed E-state index contributed by atoms with van der Waals surface area (Å²) in [5.74, 6) is 0.272. The van der Waals surface area contributed by atoms with Crippen molar-refractivity contribution in [3.63, 3.8) is 0 Å². The van der Waals surface area contributed by atoms with Gasteiger partial charge in [-0.15, -0.1) is 0 Å². The van der Waals surface area contributed by atoms with E-state index in [0.29, 0.717) is 30.3 Å². The lowest BCUT2D eigenvalue weighted by Gasteiger charge is -2.38. The van der Waals surface area contributed by atoms with Crippen LogP contribution in [0.3, 0.4) is 0 Å². The number of hydrogen-bond donors (Lipinski definition) is 1. The molecule has 2 fully saturated rings. The Hall–Kier alpha value is -0.620. The molecule has 0 aliphatic carbocycles. The molecular formula is C15H24ClN3O2. The molecule has 3 unspecified atom stereocenters. The second kappa shape index (κ2) is 6.24. The average Bonchev–Trinajstić information content (AvgIpc) is 2.91. The van der Waals surface area contributed by atoms with Crippen molar-refractivity contribution in [1.29, 1.82) is 0 Å². The van der Waals surface area contributed by atoms with E-state index in [2.05, 4.69) is 17.0 Å². The maximum atomic E-state index is 10.8. The predicted octanol–water partition coefficient (Wildman–Crippen LogP) is 2.09. The van der Waals surface area contributed by atoms with Crippen molar-refractivity contribution >= 4 is 11.6 Å². The predicted molar refractivity (Wildman–Crippen MR) is 81.4 cm³/mol. The van der Waals surface area contributed by atoms with E-state index in [1.54, 1.807) is 18.0 Å². The van der Waals surface area contributed by atoms with Crippen LogP contribution in [0.15, 0.2) is 6.20 Å². The molecule has 2 saturated heterocycles. The Morgan fingerprint density at radius 1 is 1.43 bits per heavy atom. The van der Waals surface area contributed by atoms with Gasteiger partial charge in [-0.2, -0.15) is 5.10 Å². The highest BCUT2D eigenvalue weighted by molar-refractivity contribution is 6.31. The molecule has 0 aromatic carbocycles. The molecule has 0 amide bonds. The van der Waals surface area contributed by atoms with Gasteiger partial charge in [-0.3, -0.25) is 4.68 Å². The molecule has 3 rings (SSSR count). The zero-order valence-electron chi connectivity index (χ0n) is 12.7. The molecule has 0 saturated carbocycles. The first kappa shape index (κ1) is 15.3. The second-order valence-electron chi connectivity index (χ2n) is 6.32. The van der Waals surface area contributed by atoms with Crippen molar-refractivity contribution in [3.8, 4) is 0 Å². The van der Waals surface area contributed by atoms with Gasteiger partial charge in [0.2, 0.25) is 0 Å². The molecule has 2 aliphatic rings. The molecule has 3 atom stereocenters. The van der Waals surface area contributed by atoms with Crippen LogP contribution in [0.25, 0.3) is 0 Å². The summed E-state index contributed by atoms with van der Waals surface area (Å²) in [5.41, 5.74) is 0.752. The highest BCUT2D eigenvalue weighted by Gasteiger charge is 2.42. The van der Waals surface area contributed by atoms with Gasteiger partial charge in [0, 0.05) is 19.2 Å². The summed E-state index contributed by atoms with van der Waals surface area (Å²) in [6.45, 7) is 1.19. The van der Waals surface area contributed by atoms with Gasteiger partial charge in [-0.05, 0) is 38.6 Å². The molecule has 118 valence electrons. The van der Waals surface area contributed by atoms with E-state index in [-0.39, 0.29) is 5.92 Å². The minimum Gasteiger partial charge on any atom is -0.386 e. The summed E-state index contributed by atoms with van der Waals surface area (Å²) in [5, 5.41) is 15.7. The first-order valence-electron chi connectivity index (χ1n) is 7.72. The number of aliphatic hydroxyl groups is 1. The Morgan fingerprint density at radius 3 is 2.71 bits per heavy atom. The van der Waals surface area contributed by atoms with Gasteiger partial charge in [0.25, 0.3) is 0 Å².